The summed E-state index contributed by atoms with van der Waals surface area (Å²) in [5, 5.41) is 9.86. The molecule has 0 radical (unpaired) electrons. The summed E-state index contributed by atoms with van der Waals surface area (Å²) in [5.41, 5.74) is 1.66. The van der Waals surface area contributed by atoms with Crippen LogP contribution in [0.25, 0.3) is 10.9 Å². The Morgan fingerprint density at radius 2 is 1.70 bits per heavy atom. The van der Waals surface area contributed by atoms with Gasteiger partial charge in [0.15, 0.2) is 0 Å². The zero-order chi connectivity index (χ0) is 31.6. The highest BCUT2D eigenvalue weighted by molar-refractivity contribution is 5.98. The lowest BCUT2D eigenvalue weighted by atomic mass is 9.93. The Hall–Kier alpha value is -3.82. The van der Waals surface area contributed by atoms with Crippen molar-refractivity contribution in [1.29, 1.82) is 0 Å². The average molecular weight is 608 g/mol. The van der Waals surface area contributed by atoms with E-state index in [9.17, 15) is 19.2 Å². The number of fused-ring (bicyclic) bond motifs is 2. The van der Waals surface area contributed by atoms with E-state index >= 15 is 0 Å². The molecule has 4 amide bonds. The molecular formula is C34H49N5O5. The van der Waals surface area contributed by atoms with Crippen molar-refractivity contribution in [2.75, 3.05) is 13.7 Å². The second kappa shape index (κ2) is 15.8. The van der Waals surface area contributed by atoms with Crippen LogP contribution in [0.5, 0.6) is 0 Å². The highest BCUT2D eigenvalue weighted by Gasteiger charge is 2.40. The molecule has 2 saturated heterocycles. The number of nitrogens with zero attached hydrogens (tertiary/aromatic N) is 2. The number of unbranched alkanes of at least 4 members (excludes halogenated alkanes) is 2. The number of piperidine rings is 1. The van der Waals surface area contributed by atoms with E-state index in [2.05, 4.69) is 35.0 Å². The van der Waals surface area contributed by atoms with Gasteiger partial charge >= 0.3 is 0 Å². The first kappa shape index (κ1) is 33.1. The molecule has 1 aromatic carbocycles. The number of allylic oxidation sites excluding steroid dienone is 2. The maximum absolute atomic E-state index is 14.0. The van der Waals surface area contributed by atoms with Gasteiger partial charge in [-0.25, -0.2) is 0 Å². The normalized spacial score (nSPS) is 24.2. The van der Waals surface area contributed by atoms with Crippen LogP contribution in [-0.2, 0) is 25.6 Å². The van der Waals surface area contributed by atoms with Crippen LogP contribution in [0.15, 0.2) is 42.6 Å². The van der Waals surface area contributed by atoms with E-state index < -0.39 is 36.0 Å². The smallest absolute Gasteiger partial charge is 0.246 e. The number of amides is 4. The van der Waals surface area contributed by atoms with Crippen LogP contribution in [0.2, 0.25) is 0 Å². The fourth-order valence-corrected chi connectivity index (χ4v) is 6.25. The quantitative estimate of drug-likeness (QED) is 0.266. The summed E-state index contributed by atoms with van der Waals surface area (Å²) in [7, 11) is 1.57. The van der Waals surface area contributed by atoms with Gasteiger partial charge in [0.2, 0.25) is 23.6 Å². The lowest BCUT2D eigenvalue weighted by molar-refractivity contribution is -0.147. The summed E-state index contributed by atoms with van der Waals surface area (Å²) in [6.45, 7) is 6.44. The Morgan fingerprint density at radius 1 is 0.955 bits per heavy atom. The van der Waals surface area contributed by atoms with E-state index in [1.165, 1.54) is 0 Å². The maximum Gasteiger partial charge on any atom is 0.246 e. The van der Waals surface area contributed by atoms with E-state index in [-0.39, 0.29) is 24.2 Å². The van der Waals surface area contributed by atoms with E-state index in [1.807, 2.05) is 44.3 Å². The Bertz CT molecular complexity index is 1340. The third-order valence-corrected chi connectivity index (χ3v) is 9.03. The third kappa shape index (κ3) is 7.81. The fraction of sp³-hybridized carbons (Fsp3) is 0.588. The summed E-state index contributed by atoms with van der Waals surface area (Å²) in [4.78, 5) is 62.8. The molecular weight excluding hydrogens is 558 g/mol. The summed E-state index contributed by atoms with van der Waals surface area (Å²) in [6.07, 6.45) is 13.0. The largest absolute Gasteiger partial charge is 0.417 e. The summed E-state index contributed by atoms with van der Waals surface area (Å²) < 4.78 is 1.64. The van der Waals surface area contributed by atoms with Crippen LogP contribution in [0.1, 0.15) is 84.1 Å². The van der Waals surface area contributed by atoms with Crippen LogP contribution in [-0.4, -0.2) is 71.1 Å². The van der Waals surface area contributed by atoms with Gasteiger partial charge in [0.05, 0.1) is 5.52 Å². The van der Waals surface area contributed by atoms with E-state index in [0.717, 1.165) is 55.0 Å². The highest BCUT2D eigenvalue weighted by Crippen LogP contribution is 2.24. The molecule has 1 unspecified atom stereocenters. The molecule has 1 aromatic heterocycles. The van der Waals surface area contributed by atoms with Crippen molar-refractivity contribution in [2.45, 2.75) is 109 Å². The predicted molar refractivity (Wildman–Crippen MR) is 171 cm³/mol. The van der Waals surface area contributed by atoms with Crippen LogP contribution < -0.4 is 20.8 Å². The van der Waals surface area contributed by atoms with Crippen molar-refractivity contribution in [3.63, 3.8) is 0 Å². The van der Waals surface area contributed by atoms with Gasteiger partial charge in [0, 0.05) is 24.5 Å². The molecule has 2 fully saturated rings. The van der Waals surface area contributed by atoms with E-state index in [0.29, 0.717) is 25.8 Å². The van der Waals surface area contributed by atoms with Crippen molar-refractivity contribution in [1.82, 2.24) is 25.6 Å². The minimum absolute atomic E-state index is 0.165. The van der Waals surface area contributed by atoms with Gasteiger partial charge in [-0.05, 0) is 62.5 Å². The molecule has 0 spiro atoms. The van der Waals surface area contributed by atoms with Crippen molar-refractivity contribution < 1.29 is 24.0 Å². The molecule has 0 bridgehead atoms. The summed E-state index contributed by atoms with van der Waals surface area (Å²) in [6, 6.07) is 4.43. The van der Waals surface area contributed by atoms with Gasteiger partial charge in [0.25, 0.3) is 0 Å². The molecule has 3 heterocycles. The molecule has 5 atom stereocenters. The summed E-state index contributed by atoms with van der Waals surface area (Å²) in [5.74, 6) is -1.53. The molecule has 2 aliphatic heterocycles. The second-order valence-electron chi connectivity index (χ2n) is 12.1. The van der Waals surface area contributed by atoms with Gasteiger partial charge in [-0.3, -0.25) is 19.2 Å². The molecule has 0 aliphatic carbocycles. The number of hydrogen-bond donors (Lipinski definition) is 3. The van der Waals surface area contributed by atoms with E-state index in [4.69, 9.17) is 4.84 Å². The number of para-hydroxylation sites is 1. The standard InChI is InChI=1S/C34H49N5O5/c1-5-7-8-9-10-11-17-26-31(40)36-27(21-24-22-39(44-4)28-18-13-12-16-25(24)28)32(41)37-30(23(3)6-2)34(43)38-20-15-14-19-29(38)33(42)35-26/h7-8,12-13,16,18,22-23,26-27,29-30H,5-6,9-11,14-15,17,19-21H2,1-4H3,(H,35,42)(H,36,40)(H,37,41)/b8-7+/t23?,26-,27-,29+,30-/m0/s1. The SMILES string of the molecule is CC/C=C/CCCC[C@@H]1NC(=O)[C@H]2CCCCN2C(=O)[C@H](C(C)CC)NC(=O)[C@H](Cc2cn(OC)c3ccccc23)NC1=O. The van der Waals surface area contributed by atoms with Gasteiger partial charge in [-0.15, -0.1) is 0 Å². The molecule has 2 aromatic rings. The molecule has 10 heteroatoms. The molecule has 0 saturated carbocycles. The molecule has 3 N–H and O–H groups in total. The number of carbonyl (C=O) groups is 4. The minimum Gasteiger partial charge on any atom is -0.417 e. The van der Waals surface area contributed by atoms with Crippen molar-refractivity contribution >= 4 is 34.5 Å². The summed E-state index contributed by atoms with van der Waals surface area (Å²) >= 11 is 0. The van der Waals surface area contributed by atoms with Gasteiger partial charge < -0.3 is 25.7 Å². The Kier molecular flexibility index (Phi) is 11.9. The third-order valence-electron chi connectivity index (χ3n) is 9.03. The first-order chi connectivity index (χ1) is 21.3. The Morgan fingerprint density at radius 3 is 2.45 bits per heavy atom. The van der Waals surface area contributed by atoms with Crippen LogP contribution >= 0.6 is 0 Å². The van der Waals surface area contributed by atoms with Crippen LogP contribution in [0.3, 0.4) is 0 Å². The lowest BCUT2D eigenvalue weighted by Gasteiger charge is -2.39. The zero-order valence-electron chi connectivity index (χ0n) is 26.6. The molecule has 4 rings (SSSR count). The van der Waals surface area contributed by atoms with Crippen LogP contribution in [0, 0.1) is 5.92 Å². The molecule has 2 aliphatic rings. The number of carbonyl (C=O) groups excluding carboxylic acids is 4. The Labute approximate surface area is 260 Å². The second-order valence-corrected chi connectivity index (χ2v) is 12.1. The first-order valence-corrected chi connectivity index (χ1v) is 16.3. The minimum atomic E-state index is -0.971. The lowest BCUT2D eigenvalue weighted by Crippen LogP contribution is -2.64. The highest BCUT2D eigenvalue weighted by atomic mass is 16.6. The number of rotatable bonds is 11. The fourth-order valence-electron chi connectivity index (χ4n) is 6.25. The van der Waals surface area contributed by atoms with E-state index in [1.54, 1.807) is 16.7 Å². The number of nitrogens with one attached hydrogen (secondary N) is 3. The van der Waals surface area contributed by atoms with Gasteiger partial charge in [-0.2, -0.15) is 4.73 Å². The van der Waals surface area contributed by atoms with Crippen molar-refractivity contribution in [3.8, 4) is 0 Å². The molecule has 44 heavy (non-hydrogen) atoms. The molecule has 10 nitrogen and oxygen atoms in total. The number of hydrogen-bond acceptors (Lipinski definition) is 5. The topological polar surface area (TPSA) is 122 Å². The monoisotopic (exact) mass is 607 g/mol. The Balaban J connectivity index is 1.68. The van der Waals surface area contributed by atoms with Crippen molar-refractivity contribution in [2.24, 2.45) is 5.92 Å². The van der Waals surface area contributed by atoms with Gasteiger partial charge in [0.1, 0.15) is 31.3 Å². The van der Waals surface area contributed by atoms with Gasteiger partial charge in [-0.1, -0.05) is 64.0 Å². The average Bonchev–Trinajstić information content (AvgIpc) is 3.40. The molecule has 240 valence electrons. The number of benzene rings is 1. The predicted octanol–water partition coefficient (Wildman–Crippen LogP) is 3.66. The van der Waals surface area contributed by atoms with Crippen molar-refractivity contribution in [3.05, 3.63) is 48.2 Å². The first-order valence-electron chi connectivity index (χ1n) is 16.3. The van der Waals surface area contributed by atoms with Crippen LogP contribution in [0.4, 0.5) is 0 Å². The maximum atomic E-state index is 14.0. The zero-order valence-corrected chi connectivity index (χ0v) is 26.6. The number of aromatic nitrogens is 1.